The summed E-state index contributed by atoms with van der Waals surface area (Å²) >= 11 is 0. The zero-order valence-corrected chi connectivity index (χ0v) is 11.3. The van der Waals surface area contributed by atoms with Gasteiger partial charge in [-0.15, -0.1) is 0 Å². The maximum Gasteiger partial charge on any atom is 0.0178 e. The van der Waals surface area contributed by atoms with Crippen LogP contribution in [0.4, 0.5) is 0 Å². The highest BCUT2D eigenvalue weighted by atomic mass is 14.5. The molecule has 0 aliphatic rings. The van der Waals surface area contributed by atoms with Crippen molar-refractivity contribution in [2.45, 2.75) is 38.8 Å². The molecule has 1 aromatic carbocycles. The van der Waals surface area contributed by atoms with Gasteiger partial charge in [-0.3, -0.25) is 0 Å². The molecule has 0 aromatic heterocycles. The van der Waals surface area contributed by atoms with Gasteiger partial charge < -0.3 is 22.9 Å². The molecule has 0 fully saturated rings. The number of benzene rings is 1. The molecule has 104 valence electrons. The summed E-state index contributed by atoms with van der Waals surface area (Å²) in [7, 11) is 0. The molecular formula is C14H28N4. The lowest BCUT2D eigenvalue weighted by molar-refractivity contribution is 0.653. The Labute approximate surface area is 111 Å². The van der Waals surface area contributed by atoms with Gasteiger partial charge in [0.1, 0.15) is 0 Å². The predicted molar refractivity (Wildman–Crippen MR) is 78.8 cm³/mol. The summed E-state index contributed by atoms with van der Waals surface area (Å²) in [5.74, 6) is 0. The summed E-state index contributed by atoms with van der Waals surface area (Å²) in [5, 5.41) is 0. The second-order valence-electron chi connectivity index (χ2n) is 4.22. The fraction of sp³-hybridized carbons (Fsp3) is 0.571. The average molecular weight is 252 g/mol. The third-order valence-corrected chi connectivity index (χ3v) is 2.62. The van der Waals surface area contributed by atoms with Gasteiger partial charge in [0.05, 0.1) is 0 Å². The van der Waals surface area contributed by atoms with Gasteiger partial charge in [0, 0.05) is 13.1 Å². The molecule has 8 N–H and O–H groups in total. The Kier molecular flexibility index (Phi) is 11.9. The Bertz CT molecular complexity index is 264. The predicted octanol–water partition coefficient (Wildman–Crippen LogP) is 1.07. The van der Waals surface area contributed by atoms with Crippen LogP contribution in [0.25, 0.3) is 0 Å². The van der Waals surface area contributed by atoms with E-state index >= 15 is 0 Å². The number of hydrogen-bond donors (Lipinski definition) is 4. The Morgan fingerprint density at radius 3 is 1.44 bits per heavy atom. The highest BCUT2D eigenvalue weighted by Gasteiger charge is 1.89. The first kappa shape index (κ1) is 17.1. The monoisotopic (exact) mass is 252 g/mol. The first-order chi connectivity index (χ1) is 8.78. The molecule has 0 amide bonds. The quantitative estimate of drug-likeness (QED) is 0.545. The van der Waals surface area contributed by atoms with Crippen molar-refractivity contribution in [1.82, 2.24) is 0 Å². The lowest BCUT2D eigenvalue weighted by Gasteiger charge is -1.98. The van der Waals surface area contributed by atoms with Gasteiger partial charge in [-0.25, -0.2) is 0 Å². The largest absolute Gasteiger partial charge is 0.330 e. The third kappa shape index (κ3) is 9.13. The maximum absolute atomic E-state index is 5.43. The lowest BCUT2D eigenvalue weighted by Crippen LogP contribution is -2.00. The van der Waals surface area contributed by atoms with Crippen LogP contribution in [-0.4, -0.2) is 13.1 Å². The van der Waals surface area contributed by atoms with E-state index < -0.39 is 0 Å². The summed E-state index contributed by atoms with van der Waals surface area (Å²) in [5.41, 5.74) is 23.7. The number of hydrogen-bond acceptors (Lipinski definition) is 4. The van der Waals surface area contributed by atoms with Crippen LogP contribution in [0.2, 0.25) is 0 Å². The van der Waals surface area contributed by atoms with Gasteiger partial charge in [-0.2, -0.15) is 0 Å². The van der Waals surface area contributed by atoms with Crippen LogP contribution in [0.5, 0.6) is 0 Å². The van der Waals surface area contributed by atoms with E-state index in [1.165, 1.54) is 12.8 Å². The van der Waals surface area contributed by atoms with E-state index in [1.54, 1.807) is 0 Å². The maximum atomic E-state index is 5.43. The molecule has 18 heavy (non-hydrogen) atoms. The van der Waals surface area contributed by atoms with Crippen molar-refractivity contribution in [3.05, 3.63) is 35.4 Å². The summed E-state index contributed by atoms with van der Waals surface area (Å²) < 4.78 is 0. The second kappa shape index (κ2) is 12.5. The fourth-order valence-corrected chi connectivity index (χ4v) is 1.53. The van der Waals surface area contributed by atoms with Crippen molar-refractivity contribution in [1.29, 1.82) is 0 Å². The van der Waals surface area contributed by atoms with Crippen molar-refractivity contribution in [2.24, 2.45) is 22.9 Å². The second-order valence-corrected chi connectivity index (χ2v) is 4.22. The topological polar surface area (TPSA) is 104 Å². The molecule has 0 heterocycles. The Balaban J connectivity index is 0.000000331. The van der Waals surface area contributed by atoms with E-state index in [4.69, 9.17) is 22.9 Å². The van der Waals surface area contributed by atoms with E-state index in [2.05, 4.69) is 0 Å². The minimum atomic E-state index is 0.591. The molecule has 0 spiro atoms. The highest BCUT2D eigenvalue weighted by molar-refractivity contribution is 5.22. The van der Waals surface area contributed by atoms with Crippen LogP contribution in [0.15, 0.2) is 24.3 Å². The molecule has 0 radical (unpaired) electrons. The van der Waals surface area contributed by atoms with E-state index in [0.29, 0.717) is 13.1 Å². The van der Waals surface area contributed by atoms with Crippen molar-refractivity contribution in [2.75, 3.05) is 13.1 Å². The number of rotatable bonds is 7. The van der Waals surface area contributed by atoms with Gasteiger partial charge in [0.25, 0.3) is 0 Å². The zero-order chi connectivity index (χ0) is 13.6. The highest BCUT2D eigenvalue weighted by Crippen LogP contribution is 2.02. The van der Waals surface area contributed by atoms with Crippen molar-refractivity contribution < 1.29 is 0 Å². The first-order valence-electron chi connectivity index (χ1n) is 6.66. The van der Waals surface area contributed by atoms with Gasteiger partial charge in [-0.05, 0) is 37.1 Å². The van der Waals surface area contributed by atoms with Gasteiger partial charge in [0.15, 0.2) is 0 Å². The summed E-state index contributed by atoms with van der Waals surface area (Å²) in [6.07, 6.45) is 4.79. The summed E-state index contributed by atoms with van der Waals surface area (Å²) in [6, 6.07) is 8.00. The van der Waals surface area contributed by atoms with Crippen LogP contribution in [-0.2, 0) is 13.1 Å². The Hall–Kier alpha value is -0.940. The molecule has 1 aromatic rings. The van der Waals surface area contributed by atoms with Gasteiger partial charge in [-0.1, -0.05) is 37.1 Å². The molecule has 0 saturated carbocycles. The van der Waals surface area contributed by atoms with E-state index in [9.17, 15) is 0 Å². The van der Waals surface area contributed by atoms with Crippen LogP contribution in [0.1, 0.15) is 36.8 Å². The standard InChI is InChI=1S/C8H12N2.C6H16N2/c9-5-7-2-1-3-8(4-7)6-10;7-5-3-1-2-4-6-8/h1-4H,5-6,9-10H2;1-8H2. The molecule has 4 nitrogen and oxygen atoms in total. The van der Waals surface area contributed by atoms with Gasteiger partial charge in [0.2, 0.25) is 0 Å². The van der Waals surface area contributed by atoms with Crippen LogP contribution < -0.4 is 22.9 Å². The summed E-state index contributed by atoms with van der Waals surface area (Å²) in [6.45, 7) is 2.83. The molecule has 0 saturated heterocycles. The van der Waals surface area contributed by atoms with E-state index in [-0.39, 0.29) is 0 Å². The molecule has 4 heteroatoms. The Morgan fingerprint density at radius 2 is 1.11 bits per heavy atom. The average Bonchev–Trinajstić information content (AvgIpc) is 2.44. The van der Waals surface area contributed by atoms with Crippen molar-refractivity contribution >= 4 is 0 Å². The molecule has 0 unspecified atom stereocenters. The molecule has 0 atom stereocenters. The summed E-state index contributed by atoms with van der Waals surface area (Å²) in [4.78, 5) is 0. The van der Waals surface area contributed by atoms with E-state index in [1.807, 2.05) is 24.3 Å². The number of nitrogens with two attached hydrogens (primary N) is 4. The normalized spacial score (nSPS) is 9.78. The smallest absolute Gasteiger partial charge is 0.0178 e. The minimum absolute atomic E-state index is 0.591. The molecule has 0 aliphatic carbocycles. The van der Waals surface area contributed by atoms with Crippen LogP contribution >= 0.6 is 0 Å². The van der Waals surface area contributed by atoms with Crippen molar-refractivity contribution in [3.8, 4) is 0 Å². The zero-order valence-electron chi connectivity index (χ0n) is 11.3. The first-order valence-corrected chi connectivity index (χ1v) is 6.66. The van der Waals surface area contributed by atoms with Gasteiger partial charge >= 0.3 is 0 Å². The minimum Gasteiger partial charge on any atom is -0.330 e. The molecular weight excluding hydrogens is 224 g/mol. The lowest BCUT2D eigenvalue weighted by atomic mass is 10.1. The fourth-order valence-electron chi connectivity index (χ4n) is 1.53. The Morgan fingerprint density at radius 1 is 0.667 bits per heavy atom. The van der Waals surface area contributed by atoms with Crippen molar-refractivity contribution in [3.63, 3.8) is 0 Å². The molecule has 0 bridgehead atoms. The third-order valence-electron chi connectivity index (χ3n) is 2.62. The van der Waals surface area contributed by atoms with Crippen LogP contribution in [0, 0.1) is 0 Å². The van der Waals surface area contributed by atoms with E-state index in [0.717, 1.165) is 37.1 Å². The van der Waals surface area contributed by atoms with Crippen LogP contribution in [0.3, 0.4) is 0 Å². The molecule has 0 aliphatic heterocycles. The molecule has 1 rings (SSSR count). The number of unbranched alkanes of at least 4 members (excludes halogenated alkanes) is 3. The SMILES string of the molecule is NCCCCCCN.NCc1cccc(CN)c1.